The second-order valence-electron chi connectivity index (χ2n) is 4.37. The van der Waals surface area contributed by atoms with Gasteiger partial charge >= 0.3 is 0 Å². The standard InChI is InChI=1S/C12H17NO2S/c1-4-13-11-7-16(14,15)12-6-9(3)8(2)5-10(11)12/h5-6,11,13H,4,7H2,1-3H3. The van der Waals surface area contributed by atoms with Crippen molar-refractivity contribution in [3.05, 3.63) is 28.8 Å². The van der Waals surface area contributed by atoms with E-state index in [9.17, 15) is 8.42 Å². The topological polar surface area (TPSA) is 46.2 Å². The SMILES string of the molecule is CCNC1CS(=O)(=O)c2cc(C)c(C)cc21. The summed E-state index contributed by atoms with van der Waals surface area (Å²) in [6.45, 7) is 6.74. The smallest absolute Gasteiger partial charge is 0.180 e. The summed E-state index contributed by atoms with van der Waals surface area (Å²) in [5, 5.41) is 3.22. The Labute approximate surface area is 96.8 Å². The molecule has 2 rings (SSSR count). The van der Waals surface area contributed by atoms with E-state index in [4.69, 9.17) is 0 Å². The molecule has 1 N–H and O–H groups in total. The fourth-order valence-electron chi connectivity index (χ4n) is 2.17. The number of fused-ring (bicyclic) bond motifs is 1. The molecule has 1 aliphatic rings. The molecular weight excluding hydrogens is 222 g/mol. The molecule has 4 heteroatoms. The molecule has 1 aromatic carbocycles. The molecule has 0 saturated carbocycles. The summed E-state index contributed by atoms with van der Waals surface area (Å²) in [4.78, 5) is 0.515. The van der Waals surface area contributed by atoms with Gasteiger partial charge in [0.15, 0.2) is 9.84 Å². The maximum atomic E-state index is 12.0. The summed E-state index contributed by atoms with van der Waals surface area (Å²) < 4.78 is 23.9. The Balaban J connectivity index is 2.59. The van der Waals surface area contributed by atoms with Crippen LogP contribution in [0.5, 0.6) is 0 Å². The van der Waals surface area contributed by atoms with Gasteiger partial charge in [-0.2, -0.15) is 0 Å². The number of aryl methyl sites for hydroxylation is 2. The number of rotatable bonds is 2. The van der Waals surface area contributed by atoms with Crippen molar-refractivity contribution in [2.45, 2.75) is 31.7 Å². The lowest BCUT2D eigenvalue weighted by Gasteiger charge is -2.11. The Hall–Kier alpha value is -0.870. The van der Waals surface area contributed by atoms with Crippen molar-refractivity contribution in [1.82, 2.24) is 5.32 Å². The minimum atomic E-state index is -3.08. The van der Waals surface area contributed by atoms with Crippen molar-refractivity contribution >= 4 is 9.84 Å². The van der Waals surface area contributed by atoms with E-state index in [2.05, 4.69) is 5.32 Å². The molecule has 0 amide bonds. The van der Waals surface area contributed by atoms with Gasteiger partial charge in [0.2, 0.25) is 0 Å². The van der Waals surface area contributed by atoms with Crippen molar-refractivity contribution in [3.63, 3.8) is 0 Å². The van der Waals surface area contributed by atoms with Crippen LogP contribution in [0.3, 0.4) is 0 Å². The Morgan fingerprint density at radius 1 is 1.31 bits per heavy atom. The number of sulfone groups is 1. The van der Waals surface area contributed by atoms with E-state index in [1.807, 2.05) is 26.8 Å². The monoisotopic (exact) mass is 239 g/mol. The summed E-state index contributed by atoms with van der Waals surface area (Å²) in [5.41, 5.74) is 3.13. The van der Waals surface area contributed by atoms with Crippen LogP contribution in [-0.4, -0.2) is 20.7 Å². The Morgan fingerprint density at radius 3 is 2.56 bits per heavy atom. The molecule has 1 aromatic rings. The first kappa shape index (κ1) is 11.6. The van der Waals surface area contributed by atoms with Gasteiger partial charge in [0, 0.05) is 6.04 Å². The minimum Gasteiger partial charge on any atom is -0.309 e. The molecule has 0 fully saturated rings. The van der Waals surface area contributed by atoms with Gasteiger partial charge in [-0.1, -0.05) is 13.0 Å². The Kier molecular flexibility index (Phi) is 2.80. The second-order valence-corrected chi connectivity index (χ2v) is 6.37. The van der Waals surface area contributed by atoms with Gasteiger partial charge < -0.3 is 5.32 Å². The van der Waals surface area contributed by atoms with Crippen LogP contribution in [-0.2, 0) is 9.84 Å². The van der Waals surface area contributed by atoms with Crippen LogP contribution in [0.2, 0.25) is 0 Å². The van der Waals surface area contributed by atoms with Crippen LogP contribution in [0, 0.1) is 13.8 Å². The minimum absolute atomic E-state index is 0.0377. The highest BCUT2D eigenvalue weighted by Gasteiger charge is 2.34. The molecule has 1 aliphatic heterocycles. The van der Waals surface area contributed by atoms with Crippen LogP contribution < -0.4 is 5.32 Å². The van der Waals surface area contributed by atoms with Crippen LogP contribution in [0.1, 0.15) is 29.7 Å². The fourth-order valence-corrected chi connectivity index (χ4v) is 4.00. The van der Waals surface area contributed by atoms with E-state index in [1.165, 1.54) is 0 Å². The zero-order chi connectivity index (χ0) is 11.9. The van der Waals surface area contributed by atoms with Crippen LogP contribution >= 0.6 is 0 Å². The zero-order valence-corrected chi connectivity index (χ0v) is 10.7. The van der Waals surface area contributed by atoms with E-state index in [1.54, 1.807) is 6.07 Å². The molecule has 0 bridgehead atoms. The van der Waals surface area contributed by atoms with Gasteiger partial charge in [-0.15, -0.1) is 0 Å². The van der Waals surface area contributed by atoms with Gasteiger partial charge in [0.05, 0.1) is 10.6 Å². The first-order valence-corrected chi connectivity index (χ1v) is 7.18. The first-order valence-electron chi connectivity index (χ1n) is 5.53. The van der Waals surface area contributed by atoms with Crippen molar-refractivity contribution in [3.8, 4) is 0 Å². The second kappa shape index (κ2) is 3.86. The molecule has 0 spiro atoms. The maximum absolute atomic E-state index is 12.0. The summed E-state index contributed by atoms with van der Waals surface area (Å²) in [7, 11) is -3.08. The average Bonchev–Trinajstić information content (AvgIpc) is 2.41. The summed E-state index contributed by atoms with van der Waals surface area (Å²) in [6.07, 6.45) is 0. The molecule has 0 saturated heterocycles. The highest BCUT2D eigenvalue weighted by molar-refractivity contribution is 7.91. The maximum Gasteiger partial charge on any atom is 0.180 e. The zero-order valence-electron chi connectivity index (χ0n) is 9.87. The first-order chi connectivity index (χ1) is 7.45. The molecule has 1 unspecified atom stereocenters. The molecule has 1 atom stereocenters. The molecule has 88 valence electrons. The van der Waals surface area contributed by atoms with E-state index in [-0.39, 0.29) is 11.8 Å². The van der Waals surface area contributed by atoms with Gasteiger partial charge in [0.1, 0.15) is 0 Å². The predicted octanol–water partition coefficient (Wildman–Crippen LogP) is 1.74. The Bertz CT molecular complexity index is 520. The number of nitrogens with one attached hydrogen (secondary N) is 1. The molecule has 1 heterocycles. The average molecular weight is 239 g/mol. The highest BCUT2D eigenvalue weighted by Crippen LogP contribution is 2.34. The van der Waals surface area contributed by atoms with Crippen molar-refractivity contribution in [1.29, 1.82) is 0 Å². The van der Waals surface area contributed by atoms with E-state index < -0.39 is 9.84 Å². The van der Waals surface area contributed by atoms with Gasteiger partial charge in [-0.05, 0) is 43.1 Å². The quantitative estimate of drug-likeness (QED) is 0.855. The number of hydrogen-bond donors (Lipinski definition) is 1. The summed E-state index contributed by atoms with van der Waals surface area (Å²) in [5.74, 6) is 0.194. The predicted molar refractivity (Wildman–Crippen MR) is 64.4 cm³/mol. The summed E-state index contributed by atoms with van der Waals surface area (Å²) in [6, 6.07) is 3.77. The molecule has 16 heavy (non-hydrogen) atoms. The van der Waals surface area contributed by atoms with Gasteiger partial charge in [-0.3, -0.25) is 0 Å². The Morgan fingerprint density at radius 2 is 1.94 bits per heavy atom. The fraction of sp³-hybridized carbons (Fsp3) is 0.500. The molecule has 0 radical (unpaired) electrons. The van der Waals surface area contributed by atoms with Gasteiger partial charge in [0.25, 0.3) is 0 Å². The lowest BCUT2D eigenvalue weighted by molar-refractivity contribution is 0.579. The van der Waals surface area contributed by atoms with Crippen LogP contribution in [0.25, 0.3) is 0 Å². The number of hydrogen-bond acceptors (Lipinski definition) is 3. The third-order valence-electron chi connectivity index (χ3n) is 3.17. The molecule has 0 aromatic heterocycles. The van der Waals surface area contributed by atoms with Crippen LogP contribution in [0.15, 0.2) is 17.0 Å². The molecular formula is C12H17NO2S. The third kappa shape index (κ3) is 1.76. The van der Waals surface area contributed by atoms with Crippen molar-refractivity contribution in [2.24, 2.45) is 0 Å². The normalized spacial score (nSPS) is 22.1. The van der Waals surface area contributed by atoms with Crippen molar-refractivity contribution < 1.29 is 8.42 Å². The van der Waals surface area contributed by atoms with E-state index in [0.29, 0.717) is 4.90 Å². The number of benzene rings is 1. The highest BCUT2D eigenvalue weighted by atomic mass is 32.2. The van der Waals surface area contributed by atoms with E-state index in [0.717, 1.165) is 23.2 Å². The summed E-state index contributed by atoms with van der Waals surface area (Å²) >= 11 is 0. The third-order valence-corrected chi connectivity index (χ3v) is 4.97. The lowest BCUT2D eigenvalue weighted by atomic mass is 10.0. The molecule has 3 nitrogen and oxygen atoms in total. The van der Waals surface area contributed by atoms with E-state index >= 15 is 0 Å². The molecule has 0 aliphatic carbocycles. The van der Waals surface area contributed by atoms with Crippen LogP contribution in [0.4, 0.5) is 0 Å². The van der Waals surface area contributed by atoms with Crippen molar-refractivity contribution in [2.75, 3.05) is 12.3 Å². The largest absolute Gasteiger partial charge is 0.309 e. The van der Waals surface area contributed by atoms with Gasteiger partial charge in [-0.25, -0.2) is 8.42 Å². The lowest BCUT2D eigenvalue weighted by Crippen LogP contribution is -2.22.